The van der Waals surface area contributed by atoms with Crippen LogP contribution in [0.4, 0.5) is 0 Å². The van der Waals surface area contributed by atoms with E-state index < -0.39 is 53.7 Å². The van der Waals surface area contributed by atoms with Crippen LogP contribution >= 0.6 is 0 Å². The molecule has 0 saturated heterocycles. The molecule has 0 radical (unpaired) electrons. The van der Waals surface area contributed by atoms with E-state index in [1.807, 2.05) is 19.9 Å². The van der Waals surface area contributed by atoms with Gasteiger partial charge in [0.1, 0.15) is 35.7 Å². The predicted octanol–water partition coefficient (Wildman–Crippen LogP) is 0.858. The highest BCUT2D eigenvalue weighted by Crippen LogP contribution is 2.15. The molecule has 0 fully saturated rings. The van der Waals surface area contributed by atoms with Crippen LogP contribution in [0.1, 0.15) is 37.0 Å². The van der Waals surface area contributed by atoms with Crippen molar-refractivity contribution in [1.29, 1.82) is 0 Å². The van der Waals surface area contributed by atoms with Crippen molar-refractivity contribution in [1.82, 2.24) is 21.3 Å². The van der Waals surface area contributed by atoms with E-state index in [9.17, 15) is 29.1 Å². The second kappa shape index (κ2) is 18.8. The zero-order valence-electron chi connectivity index (χ0n) is 28.0. The molecular formula is C36H46N6O7. The first kappa shape index (κ1) is 38.0. The van der Waals surface area contributed by atoms with Gasteiger partial charge in [0.25, 0.3) is 0 Å². The highest BCUT2D eigenvalue weighted by atomic mass is 16.5. The third kappa shape index (κ3) is 12.6. The molecule has 4 atom stereocenters. The highest BCUT2D eigenvalue weighted by molar-refractivity contribution is 5.95. The SMILES string of the molecule is COc1ccc(CC(NC(=O)C(Cc2ccc(O)cc2)NC(=O)C(CC(C)C)NC(=O)CN)C(=O)NC(Cc2ccccc2)C(N)=O)cc1. The molecule has 5 amide bonds. The zero-order valence-corrected chi connectivity index (χ0v) is 28.0. The Hall–Kier alpha value is -5.43. The number of hydrogen-bond donors (Lipinski definition) is 7. The molecule has 0 bridgehead atoms. The maximum Gasteiger partial charge on any atom is 0.243 e. The average molecular weight is 675 g/mol. The van der Waals surface area contributed by atoms with Crippen molar-refractivity contribution >= 4 is 29.5 Å². The van der Waals surface area contributed by atoms with Crippen molar-refractivity contribution in [3.63, 3.8) is 0 Å². The minimum absolute atomic E-state index is 0.00806. The number of carbonyl (C=O) groups excluding carboxylic acids is 5. The van der Waals surface area contributed by atoms with E-state index in [0.717, 1.165) is 5.56 Å². The Kier molecular flexibility index (Phi) is 14.6. The number of hydrogen-bond acceptors (Lipinski definition) is 8. The van der Waals surface area contributed by atoms with E-state index in [1.165, 1.54) is 19.2 Å². The molecule has 13 heteroatoms. The summed E-state index contributed by atoms with van der Waals surface area (Å²) in [5.74, 6) is -2.61. The van der Waals surface area contributed by atoms with Crippen LogP contribution in [0.5, 0.6) is 11.5 Å². The fraction of sp³-hybridized carbons (Fsp3) is 0.361. The molecule has 3 aromatic rings. The van der Waals surface area contributed by atoms with Crippen LogP contribution in [0.25, 0.3) is 0 Å². The normalized spacial score (nSPS) is 13.3. The van der Waals surface area contributed by atoms with Gasteiger partial charge < -0.3 is 42.6 Å². The van der Waals surface area contributed by atoms with Crippen molar-refractivity contribution in [2.45, 2.75) is 63.7 Å². The molecule has 49 heavy (non-hydrogen) atoms. The molecule has 0 spiro atoms. The van der Waals surface area contributed by atoms with Gasteiger partial charge in [-0.25, -0.2) is 0 Å². The van der Waals surface area contributed by atoms with Gasteiger partial charge in [0, 0.05) is 19.3 Å². The van der Waals surface area contributed by atoms with E-state index in [-0.39, 0.29) is 43.9 Å². The number of methoxy groups -OCH3 is 1. The van der Waals surface area contributed by atoms with Gasteiger partial charge in [-0.15, -0.1) is 0 Å². The summed E-state index contributed by atoms with van der Waals surface area (Å²) in [5, 5.41) is 20.6. The summed E-state index contributed by atoms with van der Waals surface area (Å²) >= 11 is 0. The number of benzene rings is 3. The van der Waals surface area contributed by atoms with E-state index in [1.54, 1.807) is 60.7 Å². The van der Waals surface area contributed by atoms with E-state index in [0.29, 0.717) is 16.9 Å². The third-order valence-electron chi connectivity index (χ3n) is 7.73. The lowest BCUT2D eigenvalue weighted by molar-refractivity contribution is -0.134. The van der Waals surface area contributed by atoms with Crippen molar-refractivity contribution in [3.05, 3.63) is 95.6 Å². The Morgan fingerprint density at radius 1 is 0.653 bits per heavy atom. The van der Waals surface area contributed by atoms with Crippen molar-refractivity contribution < 1.29 is 33.8 Å². The largest absolute Gasteiger partial charge is 0.508 e. The summed E-state index contributed by atoms with van der Waals surface area (Å²) in [6.45, 7) is 3.45. The van der Waals surface area contributed by atoms with Gasteiger partial charge >= 0.3 is 0 Å². The monoisotopic (exact) mass is 674 g/mol. The molecule has 13 nitrogen and oxygen atoms in total. The molecule has 0 heterocycles. The Labute approximate surface area is 286 Å². The number of ether oxygens (including phenoxy) is 1. The molecule has 3 rings (SSSR count). The number of nitrogens with two attached hydrogens (primary N) is 2. The van der Waals surface area contributed by atoms with Gasteiger partial charge in [-0.2, -0.15) is 0 Å². The van der Waals surface area contributed by atoms with Gasteiger partial charge in [0.2, 0.25) is 29.5 Å². The van der Waals surface area contributed by atoms with Crippen LogP contribution < -0.4 is 37.5 Å². The van der Waals surface area contributed by atoms with Crippen LogP contribution in [0.15, 0.2) is 78.9 Å². The first-order chi connectivity index (χ1) is 23.4. The topological polar surface area (TPSA) is 215 Å². The van der Waals surface area contributed by atoms with E-state index >= 15 is 0 Å². The number of amides is 5. The number of carbonyl (C=O) groups is 5. The Morgan fingerprint density at radius 3 is 1.57 bits per heavy atom. The summed E-state index contributed by atoms with van der Waals surface area (Å²) in [4.78, 5) is 65.9. The molecule has 9 N–H and O–H groups in total. The van der Waals surface area contributed by atoms with Crippen LogP contribution in [-0.2, 0) is 43.2 Å². The number of nitrogens with one attached hydrogen (secondary N) is 4. The fourth-order valence-corrected chi connectivity index (χ4v) is 5.13. The molecule has 0 aliphatic heterocycles. The number of rotatable bonds is 18. The van der Waals surface area contributed by atoms with Crippen LogP contribution in [0, 0.1) is 5.92 Å². The summed E-state index contributed by atoms with van der Waals surface area (Å²) in [6, 6.07) is 17.6. The van der Waals surface area contributed by atoms with Gasteiger partial charge in [-0.3, -0.25) is 24.0 Å². The quantitative estimate of drug-likeness (QED) is 0.102. The maximum absolute atomic E-state index is 14.0. The van der Waals surface area contributed by atoms with Crippen LogP contribution in [-0.4, -0.2) is 72.5 Å². The molecule has 0 saturated carbocycles. The fourth-order valence-electron chi connectivity index (χ4n) is 5.13. The molecule has 0 aliphatic rings. The second-order valence-electron chi connectivity index (χ2n) is 12.2. The minimum Gasteiger partial charge on any atom is -0.508 e. The molecule has 4 unspecified atom stereocenters. The van der Waals surface area contributed by atoms with E-state index in [4.69, 9.17) is 16.2 Å². The third-order valence-corrected chi connectivity index (χ3v) is 7.73. The number of aromatic hydroxyl groups is 1. The zero-order chi connectivity index (χ0) is 35.9. The minimum atomic E-state index is -1.20. The molecule has 0 aromatic heterocycles. The Morgan fingerprint density at radius 2 is 1.10 bits per heavy atom. The Balaban J connectivity index is 1.92. The van der Waals surface area contributed by atoms with Crippen LogP contribution in [0.3, 0.4) is 0 Å². The molecule has 262 valence electrons. The van der Waals surface area contributed by atoms with Crippen molar-refractivity contribution in [2.75, 3.05) is 13.7 Å². The summed E-state index contributed by atoms with van der Waals surface area (Å²) < 4.78 is 5.24. The maximum atomic E-state index is 14.0. The van der Waals surface area contributed by atoms with Gasteiger partial charge in [-0.05, 0) is 53.3 Å². The first-order valence-corrected chi connectivity index (χ1v) is 16.0. The standard InChI is InChI=1S/C36H46N6O7/c1-22(2)17-29(39-32(44)21-37)34(46)41-31(19-24-9-13-26(43)14-10-24)36(48)42-30(20-25-11-15-27(49-3)16-12-25)35(47)40-28(33(38)45)18-23-7-5-4-6-8-23/h4-16,22,28-31,43H,17-21,37H2,1-3H3,(H2,38,45)(H,39,44)(H,40,47)(H,41,46)(H,42,48). The van der Waals surface area contributed by atoms with Gasteiger partial charge in [0.15, 0.2) is 0 Å². The number of phenols is 1. The molecular weight excluding hydrogens is 628 g/mol. The molecule has 0 aliphatic carbocycles. The second-order valence-corrected chi connectivity index (χ2v) is 12.2. The van der Waals surface area contributed by atoms with Crippen molar-refractivity contribution in [2.24, 2.45) is 17.4 Å². The molecule has 3 aromatic carbocycles. The summed E-state index contributed by atoms with van der Waals surface area (Å²) in [5.41, 5.74) is 13.2. The average Bonchev–Trinajstić information content (AvgIpc) is 3.08. The Bertz CT molecular complexity index is 1550. The lowest BCUT2D eigenvalue weighted by Gasteiger charge is -2.27. The van der Waals surface area contributed by atoms with Gasteiger partial charge in [-0.1, -0.05) is 68.4 Å². The number of primary amides is 1. The van der Waals surface area contributed by atoms with Gasteiger partial charge in [0.05, 0.1) is 13.7 Å². The summed E-state index contributed by atoms with van der Waals surface area (Å²) in [7, 11) is 1.53. The lowest BCUT2D eigenvalue weighted by Crippen LogP contribution is -2.59. The first-order valence-electron chi connectivity index (χ1n) is 16.0. The van der Waals surface area contributed by atoms with Crippen molar-refractivity contribution in [3.8, 4) is 11.5 Å². The van der Waals surface area contributed by atoms with E-state index in [2.05, 4.69) is 21.3 Å². The lowest BCUT2D eigenvalue weighted by atomic mass is 9.99. The number of phenolic OH excluding ortho intramolecular Hbond substituents is 1. The smallest absolute Gasteiger partial charge is 0.243 e. The highest BCUT2D eigenvalue weighted by Gasteiger charge is 2.31. The van der Waals surface area contributed by atoms with Crippen LogP contribution in [0.2, 0.25) is 0 Å². The summed E-state index contributed by atoms with van der Waals surface area (Å²) in [6.07, 6.45) is 0.437. The predicted molar refractivity (Wildman–Crippen MR) is 184 cm³/mol.